The van der Waals surface area contributed by atoms with Gasteiger partial charge >= 0.3 is 0 Å². The number of carbonyl (C=O) groups excluding carboxylic acids is 2. The van der Waals surface area contributed by atoms with Crippen molar-refractivity contribution in [2.75, 3.05) is 26.4 Å². The summed E-state index contributed by atoms with van der Waals surface area (Å²) in [5.41, 5.74) is -0.869. The summed E-state index contributed by atoms with van der Waals surface area (Å²) < 4.78 is 35.0. The third-order valence-corrected chi connectivity index (χ3v) is 11.5. The van der Waals surface area contributed by atoms with Crippen LogP contribution in [0.25, 0.3) is 0 Å². The molecule has 17 heteroatoms. The number of benzene rings is 4. The van der Waals surface area contributed by atoms with E-state index in [2.05, 4.69) is 23.8 Å². The zero-order chi connectivity index (χ0) is 44.9. The summed E-state index contributed by atoms with van der Waals surface area (Å²) in [4.78, 5) is 27.6. The molecule has 0 aromatic heterocycles. The summed E-state index contributed by atoms with van der Waals surface area (Å²) in [7, 11) is 0. The lowest BCUT2D eigenvalue weighted by Gasteiger charge is -2.46. The molecule has 336 valence electrons. The molecule has 63 heavy (non-hydrogen) atoms. The number of ether oxygens (including phenoxy) is 6. The van der Waals surface area contributed by atoms with Crippen LogP contribution in [0.5, 0.6) is 23.0 Å². The average Bonchev–Trinajstić information content (AvgIpc) is 3.31. The summed E-state index contributed by atoms with van der Waals surface area (Å²) in [6, 6.07) is 24.9. The average molecular weight is 889 g/mol. The van der Waals surface area contributed by atoms with E-state index < -0.39 is 84.6 Å². The first kappa shape index (κ1) is 47.0. The maximum Gasteiger partial charge on any atom is 0.251 e. The fraction of sp³-hybridized carbons (Fsp3) is 0.348. The van der Waals surface area contributed by atoms with Crippen molar-refractivity contribution in [1.82, 2.24) is 10.6 Å². The van der Waals surface area contributed by atoms with Gasteiger partial charge in [0.2, 0.25) is 0 Å². The van der Waals surface area contributed by atoms with Crippen LogP contribution in [0.4, 0.5) is 0 Å². The zero-order valence-electron chi connectivity index (χ0n) is 34.2. The summed E-state index contributed by atoms with van der Waals surface area (Å²) in [5.74, 6) is -0.287. The third kappa shape index (κ3) is 12.4. The minimum Gasteiger partial charge on any atom is -0.489 e. The predicted molar refractivity (Wildman–Crippen MR) is 231 cm³/mol. The fourth-order valence-corrected chi connectivity index (χ4v) is 8.21. The number of thioether (sulfide) groups is 1. The fourth-order valence-electron chi connectivity index (χ4n) is 6.87. The van der Waals surface area contributed by atoms with Crippen molar-refractivity contribution in [3.63, 3.8) is 0 Å². The van der Waals surface area contributed by atoms with Crippen LogP contribution < -0.4 is 29.6 Å². The van der Waals surface area contributed by atoms with Crippen LogP contribution in [0.2, 0.25) is 0 Å². The molecule has 2 heterocycles. The normalized spacial score (nSPS) is 25.6. The number of aliphatic hydroxyl groups excluding tert-OH is 6. The van der Waals surface area contributed by atoms with E-state index in [9.17, 15) is 40.2 Å². The Balaban J connectivity index is 1.17. The maximum atomic E-state index is 13.8. The van der Waals surface area contributed by atoms with E-state index in [1.165, 1.54) is 36.4 Å². The van der Waals surface area contributed by atoms with Crippen LogP contribution in [0.15, 0.2) is 122 Å². The van der Waals surface area contributed by atoms with Gasteiger partial charge in [-0.15, -0.1) is 0 Å². The Labute approximate surface area is 368 Å². The Morgan fingerprint density at radius 1 is 0.571 bits per heavy atom. The van der Waals surface area contributed by atoms with Gasteiger partial charge in [0.25, 0.3) is 11.8 Å². The zero-order valence-corrected chi connectivity index (χ0v) is 35.0. The first-order chi connectivity index (χ1) is 30.5. The largest absolute Gasteiger partial charge is 0.489 e. The number of amides is 2. The predicted octanol–water partition coefficient (Wildman–Crippen LogP) is 2.48. The number of nitrogens with one attached hydrogen (secondary N) is 2. The first-order valence-corrected chi connectivity index (χ1v) is 21.1. The van der Waals surface area contributed by atoms with Crippen LogP contribution in [0.3, 0.4) is 0 Å². The second kappa shape index (κ2) is 22.8. The Morgan fingerprint density at radius 3 is 1.29 bits per heavy atom. The van der Waals surface area contributed by atoms with Crippen LogP contribution in [0.1, 0.15) is 31.8 Å². The third-order valence-electron chi connectivity index (χ3n) is 10.1. The lowest BCUT2D eigenvalue weighted by molar-refractivity contribution is -0.175. The highest BCUT2D eigenvalue weighted by molar-refractivity contribution is 8.00. The molecule has 0 bridgehead atoms. The second-order valence-electron chi connectivity index (χ2n) is 14.7. The van der Waals surface area contributed by atoms with Crippen LogP contribution in [0, 0.1) is 0 Å². The van der Waals surface area contributed by atoms with Gasteiger partial charge in [0.1, 0.15) is 96.9 Å². The molecule has 2 saturated heterocycles. The van der Waals surface area contributed by atoms with Gasteiger partial charge in [-0.05, 0) is 35.4 Å². The van der Waals surface area contributed by atoms with E-state index in [0.717, 1.165) is 11.1 Å². The molecule has 0 aliphatic carbocycles. The van der Waals surface area contributed by atoms with Crippen LogP contribution >= 0.6 is 11.8 Å². The molecule has 2 amide bonds. The Morgan fingerprint density at radius 2 is 0.937 bits per heavy atom. The molecule has 4 aromatic rings. The molecule has 0 saturated carbocycles. The van der Waals surface area contributed by atoms with E-state index >= 15 is 0 Å². The Bertz CT molecular complexity index is 1980. The highest BCUT2D eigenvalue weighted by Gasteiger charge is 2.51. The minimum absolute atomic E-state index is 0.0624. The summed E-state index contributed by atoms with van der Waals surface area (Å²) >= 11 is 0.700. The number of rotatable bonds is 20. The quantitative estimate of drug-likeness (QED) is 0.0596. The number of aliphatic hydroxyl groups is 6. The molecule has 4 aromatic carbocycles. The van der Waals surface area contributed by atoms with Crippen molar-refractivity contribution >= 4 is 23.6 Å². The van der Waals surface area contributed by atoms with Crippen molar-refractivity contribution in [3.8, 4) is 23.0 Å². The van der Waals surface area contributed by atoms with E-state index in [0.29, 0.717) is 23.3 Å². The number of hydrogen-bond acceptors (Lipinski definition) is 15. The van der Waals surface area contributed by atoms with E-state index in [1.54, 1.807) is 12.1 Å². The molecule has 2 fully saturated rings. The van der Waals surface area contributed by atoms with Gasteiger partial charge in [0.15, 0.2) is 0 Å². The van der Waals surface area contributed by atoms with Crippen molar-refractivity contribution in [3.05, 3.63) is 145 Å². The SMILES string of the molecule is C=CCOc1cc(OCc2ccccc2)cc(C(=O)N[C@@H]2[C@@H](O)[C@@H](CO)O[C@@H](S[C@@H]3O[C@H](CO)[C@H](O)[C@@H](NC(=O)c4cc(OCC=C)cc(OCc5ccccc5)c4)[C@H]3O)[C@@H]2O)c1. The summed E-state index contributed by atoms with van der Waals surface area (Å²) in [6.45, 7) is 6.52. The first-order valence-electron chi connectivity index (χ1n) is 20.1. The molecule has 8 N–H and O–H groups in total. The van der Waals surface area contributed by atoms with Crippen molar-refractivity contribution in [1.29, 1.82) is 0 Å². The van der Waals surface area contributed by atoms with E-state index in [1.807, 2.05) is 60.7 Å². The topological polar surface area (TPSA) is 235 Å². The molecule has 10 atom stereocenters. The smallest absolute Gasteiger partial charge is 0.251 e. The summed E-state index contributed by atoms with van der Waals surface area (Å²) in [6.07, 6.45) is -6.16. The highest BCUT2D eigenvalue weighted by atomic mass is 32.2. The van der Waals surface area contributed by atoms with Gasteiger partial charge in [0, 0.05) is 23.3 Å². The highest BCUT2D eigenvalue weighted by Crippen LogP contribution is 2.37. The Kier molecular flexibility index (Phi) is 17.0. The monoisotopic (exact) mass is 888 g/mol. The molecule has 0 unspecified atom stereocenters. The van der Waals surface area contributed by atoms with Gasteiger partial charge in [-0.3, -0.25) is 9.59 Å². The number of carbonyl (C=O) groups is 2. The van der Waals surface area contributed by atoms with Gasteiger partial charge in [-0.1, -0.05) is 97.7 Å². The molecule has 0 radical (unpaired) electrons. The minimum atomic E-state index is -1.68. The molecule has 16 nitrogen and oxygen atoms in total. The van der Waals surface area contributed by atoms with Gasteiger partial charge in [-0.25, -0.2) is 0 Å². The van der Waals surface area contributed by atoms with E-state index in [4.69, 9.17) is 28.4 Å². The van der Waals surface area contributed by atoms with Crippen molar-refractivity contribution in [2.45, 2.75) is 72.8 Å². The van der Waals surface area contributed by atoms with Crippen molar-refractivity contribution < 1.29 is 68.6 Å². The maximum absolute atomic E-state index is 13.8. The second-order valence-corrected chi connectivity index (χ2v) is 15.9. The molecular formula is C46H52N2O14S. The lowest BCUT2D eigenvalue weighted by atomic mass is 9.96. The number of hydrogen-bond donors (Lipinski definition) is 8. The standard InChI is InChI=1S/C46H52N2O14S/c1-3-15-57-31-17-29(19-33(21-31)59-25-27-11-7-5-8-12-27)43(55)47-37-39(51)35(23-49)61-45(41(37)53)63-46-42(54)38(40(52)36(24-50)62-46)48-44(56)30-18-32(58-16-4-2)22-34(20-30)60-26-28-13-9-6-10-14-28/h3-14,17-22,35-42,45-46,49-54H,1-2,15-16,23-26H2,(H,47,55)(H,48,56)/t35-,36-,37-,38-,39+,40+,41-,42-,45+,46+/m1/s1. The molecule has 6 rings (SSSR count). The summed E-state index contributed by atoms with van der Waals surface area (Å²) in [5, 5.41) is 71.3. The van der Waals surface area contributed by atoms with E-state index in [-0.39, 0.29) is 49.1 Å². The molecular weight excluding hydrogens is 837 g/mol. The van der Waals surface area contributed by atoms with Gasteiger partial charge in [-0.2, -0.15) is 0 Å². The Hall–Kier alpha value is -5.47. The molecule has 2 aliphatic heterocycles. The van der Waals surface area contributed by atoms with Crippen LogP contribution in [-0.2, 0) is 22.7 Å². The van der Waals surface area contributed by atoms with Gasteiger partial charge < -0.3 is 69.7 Å². The van der Waals surface area contributed by atoms with Crippen molar-refractivity contribution in [2.24, 2.45) is 0 Å². The molecule has 2 aliphatic rings. The van der Waals surface area contributed by atoms with Crippen LogP contribution in [-0.4, -0.2) is 128 Å². The van der Waals surface area contributed by atoms with Gasteiger partial charge in [0.05, 0.1) is 25.3 Å². The molecule has 0 spiro atoms. The lowest BCUT2D eigenvalue weighted by Crippen LogP contribution is -2.66.